The number of nitrogens with two attached hydrogens (primary N) is 1. The molecular formula is C5H8F2N2. The maximum atomic E-state index is 12.0. The monoisotopic (exact) mass is 134 g/mol. The van der Waals surface area contributed by atoms with Gasteiger partial charge in [-0.25, -0.2) is 8.78 Å². The summed E-state index contributed by atoms with van der Waals surface area (Å²) in [6, 6.07) is -0.231. The molecule has 9 heavy (non-hydrogen) atoms. The topological polar surface area (TPSA) is 38.4 Å². The predicted molar refractivity (Wildman–Crippen MR) is 30.6 cm³/mol. The Labute approximate surface area is 51.8 Å². The third-order valence-electron chi connectivity index (χ3n) is 1.37. The van der Waals surface area contributed by atoms with Crippen LogP contribution in [0.5, 0.6) is 0 Å². The summed E-state index contributed by atoms with van der Waals surface area (Å²) in [5, 5.41) is 0. The second-order valence-electron chi connectivity index (χ2n) is 2.22. The first kappa shape index (κ1) is 6.45. The summed E-state index contributed by atoms with van der Waals surface area (Å²) in [5.74, 6) is -2.48. The Bertz CT molecular complexity index is 125. The molecule has 1 aliphatic carbocycles. The van der Waals surface area contributed by atoms with Gasteiger partial charge in [0.2, 0.25) is 0 Å². The summed E-state index contributed by atoms with van der Waals surface area (Å²) in [7, 11) is 0. The van der Waals surface area contributed by atoms with Crippen molar-refractivity contribution in [2.24, 2.45) is 10.7 Å². The smallest absolute Gasteiger partial charge is 0.252 e. The molecule has 4 heteroatoms. The van der Waals surface area contributed by atoms with Crippen LogP contribution in [0.15, 0.2) is 4.99 Å². The summed E-state index contributed by atoms with van der Waals surface area (Å²) < 4.78 is 24.0. The first-order valence-corrected chi connectivity index (χ1v) is 2.75. The minimum atomic E-state index is -2.48. The van der Waals surface area contributed by atoms with Crippen LogP contribution < -0.4 is 5.73 Å². The van der Waals surface area contributed by atoms with E-state index >= 15 is 0 Å². The van der Waals surface area contributed by atoms with Crippen molar-refractivity contribution in [1.29, 1.82) is 0 Å². The quantitative estimate of drug-likeness (QED) is 0.417. The molecule has 1 aliphatic rings. The Morgan fingerprint density at radius 1 is 1.56 bits per heavy atom. The molecule has 0 aliphatic heterocycles. The van der Waals surface area contributed by atoms with Gasteiger partial charge in [0.15, 0.2) is 0 Å². The van der Waals surface area contributed by atoms with Gasteiger partial charge in [-0.15, -0.1) is 0 Å². The average Bonchev–Trinajstić information content (AvgIpc) is 1.62. The van der Waals surface area contributed by atoms with Crippen LogP contribution in [-0.2, 0) is 0 Å². The van der Waals surface area contributed by atoms with E-state index in [-0.39, 0.29) is 18.9 Å². The van der Waals surface area contributed by atoms with E-state index in [1.54, 1.807) is 0 Å². The second kappa shape index (κ2) is 1.93. The van der Waals surface area contributed by atoms with Gasteiger partial charge in [0.25, 0.3) is 5.92 Å². The van der Waals surface area contributed by atoms with Gasteiger partial charge < -0.3 is 5.73 Å². The molecule has 0 bridgehead atoms. The number of hydrogen-bond acceptors (Lipinski definition) is 1. The Kier molecular flexibility index (Phi) is 1.38. The number of aliphatic imine (C=N–C) groups is 1. The molecule has 0 amide bonds. The van der Waals surface area contributed by atoms with Crippen LogP contribution in [0.4, 0.5) is 8.78 Å². The summed E-state index contributed by atoms with van der Waals surface area (Å²) >= 11 is 0. The fourth-order valence-electron chi connectivity index (χ4n) is 0.857. The zero-order valence-electron chi connectivity index (χ0n) is 4.85. The summed E-state index contributed by atoms with van der Waals surface area (Å²) in [6.45, 7) is 0. The number of nitrogens with zero attached hydrogens (tertiary/aromatic N) is 1. The van der Waals surface area contributed by atoms with E-state index in [1.165, 1.54) is 0 Å². The highest BCUT2D eigenvalue weighted by molar-refractivity contribution is 5.51. The molecular weight excluding hydrogens is 126 g/mol. The summed E-state index contributed by atoms with van der Waals surface area (Å²) in [5.41, 5.74) is 4.89. The van der Waals surface area contributed by atoms with Crippen molar-refractivity contribution in [3.63, 3.8) is 0 Å². The van der Waals surface area contributed by atoms with E-state index in [2.05, 4.69) is 4.99 Å². The summed E-state index contributed by atoms with van der Waals surface area (Å²) in [6.07, 6.45) is 0.807. The van der Waals surface area contributed by atoms with Crippen molar-refractivity contribution in [3.8, 4) is 0 Å². The van der Waals surface area contributed by atoms with Gasteiger partial charge in [-0.3, -0.25) is 4.99 Å². The van der Waals surface area contributed by atoms with Crippen LogP contribution in [0.1, 0.15) is 12.8 Å². The third-order valence-corrected chi connectivity index (χ3v) is 1.37. The van der Waals surface area contributed by atoms with Crippen molar-refractivity contribution in [3.05, 3.63) is 0 Å². The van der Waals surface area contributed by atoms with Crippen LogP contribution in [0.25, 0.3) is 0 Å². The number of hydrogen-bond donors (Lipinski definition) is 1. The zero-order chi connectivity index (χ0) is 6.91. The number of alkyl halides is 2. The minimum Gasteiger partial charge on any atom is -0.390 e. The van der Waals surface area contributed by atoms with Gasteiger partial charge in [0, 0.05) is 12.8 Å². The maximum Gasteiger partial charge on any atom is 0.252 e. The van der Waals surface area contributed by atoms with Crippen LogP contribution in [0.3, 0.4) is 0 Å². The van der Waals surface area contributed by atoms with E-state index in [9.17, 15) is 8.78 Å². The van der Waals surface area contributed by atoms with Crippen LogP contribution in [-0.4, -0.2) is 18.3 Å². The van der Waals surface area contributed by atoms with Crippen LogP contribution in [0, 0.1) is 0 Å². The van der Waals surface area contributed by atoms with Crippen molar-refractivity contribution in [1.82, 2.24) is 0 Å². The highest BCUT2D eigenvalue weighted by Crippen LogP contribution is 2.38. The molecule has 1 rings (SSSR count). The van der Waals surface area contributed by atoms with Crippen LogP contribution >= 0.6 is 0 Å². The second-order valence-corrected chi connectivity index (χ2v) is 2.22. The number of rotatable bonds is 1. The molecule has 1 saturated carbocycles. The molecule has 2 nitrogen and oxygen atoms in total. The van der Waals surface area contributed by atoms with E-state index in [1.807, 2.05) is 0 Å². The van der Waals surface area contributed by atoms with Gasteiger partial charge in [0.05, 0.1) is 12.4 Å². The van der Waals surface area contributed by atoms with E-state index in [4.69, 9.17) is 5.73 Å². The highest BCUT2D eigenvalue weighted by Gasteiger charge is 2.44. The maximum absolute atomic E-state index is 12.0. The molecule has 0 aromatic carbocycles. The van der Waals surface area contributed by atoms with Crippen LogP contribution in [0.2, 0.25) is 0 Å². The Morgan fingerprint density at radius 2 is 2.11 bits per heavy atom. The van der Waals surface area contributed by atoms with Crippen molar-refractivity contribution < 1.29 is 8.78 Å². The molecule has 0 aromatic rings. The molecule has 0 saturated heterocycles. The van der Waals surface area contributed by atoms with Gasteiger partial charge in [-0.05, 0) is 0 Å². The Balaban J connectivity index is 2.27. The normalized spacial score (nSPS) is 26.4. The van der Waals surface area contributed by atoms with Crippen molar-refractivity contribution in [2.45, 2.75) is 24.8 Å². The molecule has 1 fully saturated rings. The Morgan fingerprint density at radius 3 is 2.44 bits per heavy atom. The molecule has 0 radical (unpaired) electrons. The van der Waals surface area contributed by atoms with Gasteiger partial charge in [-0.1, -0.05) is 0 Å². The number of halogens is 2. The lowest BCUT2D eigenvalue weighted by Gasteiger charge is -2.31. The van der Waals surface area contributed by atoms with Crippen molar-refractivity contribution in [2.75, 3.05) is 0 Å². The SMILES string of the molecule is NC=NC1CC(F)(F)C1. The van der Waals surface area contributed by atoms with Gasteiger partial charge >= 0.3 is 0 Å². The first-order valence-electron chi connectivity index (χ1n) is 2.75. The first-order chi connectivity index (χ1) is 4.14. The van der Waals surface area contributed by atoms with Crippen molar-refractivity contribution >= 4 is 6.34 Å². The fourth-order valence-corrected chi connectivity index (χ4v) is 0.857. The molecule has 0 spiro atoms. The molecule has 2 N–H and O–H groups in total. The van der Waals surface area contributed by atoms with E-state index in [0.717, 1.165) is 6.34 Å². The fraction of sp³-hybridized carbons (Fsp3) is 0.800. The lowest BCUT2D eigenvalue weighted by molar-refractivity contribution is -0.0833. The third kappa shape index (κ3) is 1.37. The molecule has 0 unspecified atom stereocenters. The standard InChI is InChI=1S/C5H8F2N2/c6-5(7)1-4(2-5)9-3-8/h3-4H,1-2H2,(H2,8,9). The predicted octanol–water partition coefficient (Wildman–Crippen LogP) is 0.771. The average molecular weight is 134 g/mol. The van der Waals surface area contributed by atoms with E-state index < -0.39 is 5.92 Å². The van der Waals surface area contributed by atoms with Gasteiger partial charge in [0.1, 0.15) is 0 Å². The van der Waals surface area contributed by atoms with Gasteiger partial charge in [-0.2, -0.15) is 0 Å². The highest BCUT2D eigenvalue weighted by atomic mass is 19.3. The largest absolute Gasteiger partial charge is 0.390 e. The zero-order valence-corrected chi connectivity index (χ0v) is 4.85. The summed E-state index contributed by atoms with van der Waals surface area (Å²) in [4.78, 5) is 3.60. The Hall–Kier alpha value is -0.670. The minimum absolute atomic E-state index is 0.138. The van der Waals surface area contributed by atoms with E-state index in [0.29, 0.717) is 0 Å². The lowest BCUT2D eigenvalue weighted by atomic mass is 9.89. The molecule has 0 heterocycles. The molecule has 52 valence electrons. The molecule has 0 atom stereocenters. The molecule has 0 aromatic heterocycles. The lowest BCUT2D eigenvalue weighted by Crippen LogP contribution is -2.38.